The minimum absolute atomic E-state index is 0.396. The summed E-state index contributed by atoms with van der Waals surface area (Å²) in [6.45, 7) is 2.96. The Labute approximate surface area is 109 Å². The molecule has 0 radical (unpaired) electrons. The first kappa shape index (κ1) is 12.2. The van der Waals surface area contributed by atoms with Crippen molar-refractivity contribution in [3.8, 4) is 0 Å². The highest BCUT2D eigenvalue weighted by molar-refractivity contribution is 4.98. The molecule has 3 rings (SSSR count). The van der Waals surface area contributed by atoms with Gasteiger partial charge in [0.2, 0.25) is 5.89 Å². The highest BCUT2D eigenvalue weighted by Gasteiger charge is 2.37. The van der Waals surface area contributed by atoms with E-state index in [4.69, 9.17) is 10.2 Å². The maximum absolute atomic E-state index is 6.14. The number of nitrogens with zero attached hydrogens (tertiary/aromatic N) is 2. The van der Waals surface area contributed by atoms with Crippen LogP contribution in [0.15, 0.2) is 10.6 Å². The molecule has 100 valence electrons. The van der Waals surface area contributed by atoms with Crippen LogP contribution in [-0.4, -0.2) is 28.0 Å². The average molecular weight is 249 g/mol. The molecule has 2 N–H and O–H groups in total. The molecule has 0 amide bonds. The van der Waals surface area contributed by atoms with Crippen LogP contribution in [0.3, 0.4) is 0 Å². The lowest BCUT2D eigenvalue weighted by Gasteiger charge is -2.47. The minimum atomic E-state index is 0.396. The Kier molecular flexibility index (Phi) is 3.39. The predicted molar refractivity (Wildman–Crippen MR) is 70.1 cm³/mol. The van der Waals surface area contributed by atoms with Crippen molar-refractivity contribution in [1.82, 2.24) is 9.88 Å². The highest BCUT2D eigenvalue weighted by Crippen LogP contribution is 2.34. The monoisotopic (exact) mass is 249 g/mol. The molecule has 2 unspecified atom stereocenters. The van der Waals surface area contributed by atoms with Crippen molar-refractivity contribution in [2.75, 3.05) is 0 Å². The van der Waals surface area contributed by atoms with Crippen molar-refractivity contribution in [3.05, 3.63) is 17.8 Å². The molecule has 0 spiro atoms. The summed E-state index contributed by atoms with van der Waals surface area (Å²) in [5.41, 5.74) is 6.14. The second kappa shape index (κ2) is 5.02. The summed E-state index contributed by atoms with van der Waals surface area (Å²) in [4.78, 5) is 6.97. The zero-order valence-electron chi connectivity index (χ0n) is 11.1. The topological polar surface area (TPSA) is 55.3 Å². The van der Waals surface area contributed by atoms with E-state index in [0.29, 0.717) is 18.1 Å². The Hall–Kier alpha value is -0.870. The van der Waals surface area contributed by atoms with Crippen LogP contribution in [0.2, 0.25) is 0 Å². The van der Waals surface area contributed by atoms with E-state index in [1.807, 2.05) is 6.20 Å². The number of hydrogen-bond acceptors (Lipinski definition) is 4. The maximum atomic E-state index is 6.14. The average Bonchev–Trinajstić information content (AvgIpc) is 2.78. The lowest BCUT2D eigenvalue weighted by molar-refractivity contribution is 0.0177. The standard InChI is InChI=1S/C14H23N3O/c1-2-13-8-16-14(18-13)9-17-11-4-3-5-12(17)7-10(15)6-11/h8,10-12H,2-7,9,15H2,1H3. The van der Waals surface area contributed by atoms with E-state index in [-0.39, 0.29) is 0 Å². The van der Waals surface area contributed by atoms with Crippen LogP contribution in [0.1, 0.15) is 50.7 Å². The Morgan fingerprint density at radius 1 is 1.39 bits per heavy atom. The van der Waals surface area contributed by atoms with Crippen molar-refractivity contribution >= 4 is 0 Å². The molecule has 18 heavy (non-hydrogen) atoms. The summed E-state index contributed by atoms with van der Waals surface area (Å²) in [7, 11) is 0. The zero-order valence-corrected chi connectivity index (χ0v) is 11.1. The number of piperidine rings is 2. The summed E-state index contributed by atoms with van der Waals surface area (Å²) >= 11 is 0. The van der Waals surface area contributed by atoms with Crippen LogP contribution < -0.4 is 5.73 Å². The predicted octanol–water partition coefficient (Wildman–Crippen LogP) is 2.08. The molecule has 0 aromatic carbocycles. The van der Waals surface area contributed by atoms with Gasteiger partial charge in [-0.3, -0.25) is 4.90 Å². The van der Waals surface area contributed by atoms with E-state index >= 15 is 0 Å². The van der Waals surface area contributed by atoms with Crippen LogP contribution >= 0.6 is 0 Å². The second-order valence-corrected chi connectivity index (χ2v) is 5.72. The normalized spacial score (nSPS) is 32.7. The third kappa shape index (κ3) is 2.31. The molecule has 2 atom stereocenters. The van der Waals surface area contributed by atoms with Gasteiger partial charge >= 0.3 is 0 Å². The number of hydrogen-bond donors (Lipinski definition) is 1. The summed E-state index contributed by atoms with van der Waals surface area (Å²) in [6.07, 6.45) is 8.97. The van der Waals surface area contributed by atoms with Crippen LogP contribution in [0.25, 0.3) is 0 Å². The molecule has 2 aliphatic rings. The Bertz CT molecular complexity index is 389. The Morgan fingerprint density at radius 2 is 2.11 bits per heavy atom. The Morgan fingerprint density at radius 3 is 2.72 bits per heavy atom. The summed E-state index contributed by atoms with van der Waals surface area (Å²) in [6, 6.07) is 1.68. The zero-order chi connectivity index (χ0) is 12.5. The summed E-state index contributed by atoms with van der Waals surface area (Å²) in [5.74, 6) is 1.86. The SMILES string of the molecule is CCc1cnc(CN2C3CCCC2CC(N)C3)o1. The largest absolute Gasteiger partial charge is 0.444 e. The van der Waals surface area contributed by atoms with E-state index < -0.39 is 0 Å². The number of nitrogens with two attached hydrogens (primary N) is 1. The van der Waals surface area contributed by atoms with Gasteiger partial charge in [-0.1, -0.05) is 13.3 Å². The molecule has 1 aromatic heterocycles. The molecule has 1 aromatic rings. The third-order valence-corrected chi connectivity index (χ3v) is 4.43. The summed E-state index contributed by atoms with van der Waals surface area (Å²) in [5, 5.41) is 0. The molecular weight excluding hydrogens is 226 g/mol. The molecule has 0 aliphatic carbocycles. The van der Waals surface area contributed by atoms with Crippen molar-refractivity contribution < 1.29 is 4.42 Å². The molecule has 4 heteroatoms. The van der Waals surface area contributed by atoms with E-state index in [2.05, 4.69) is 16.8 Å². The van der Waals surface area contributed by atoms with E-state index in [9.17, 15) is 0 Å². The first-order chi connectivity index (χ1) is 8.76. The van der Waals surface area contributed by atoms with Gasteiger partial charge in [-0.05, 0) is 25.7 Å². The molecule has 2 bridgehead atoms. The van der Waals surface area contributed by atoms with Gasteiger partial charge in [0.25, 0.3) is 0 Å². The lowest BCUT2D eigenvalue weighted by Crippen LogP contribution is -2.54. The molecule has 0 saturated carbocycles. The van der Waals surface area contributed by atoms with E-state index in [1.54, 1.807) is 0 Å². The molecule has 2 saturated heterocycles. The van der Waals surface area contributed by atoms with Crippen molar-refractivity contribution in [2.24, 2.45) is 5.73 Å². The van der Waals surface area contributed by atoms with Gasteiger partial charge in [-0.15, -0.1) is 0 Å². The number of aryl methyl sites for hydroxylation is 1. The number of fused-ring (bicyclic) bond motifs is 2. The van der Waals surface area contributed by atoms with Crippen LogP contribution in [0.5, 0.6) is 0 Å². The lowest BCUT2D eigenvalue weighted by atomic mass is 9.82. The van der Waals surface area contributed by atoms with Crippen LogP contribution in [0.4, 0.5) is 0 Å². The molecule has 3 heterocycles. The fourth-order valence-electron chi connectivity index (χ4n) is 3.52. The Balaban J connectivity index is 1.71. The molecular formula is C14H23N3O. The number of oxazole rings is 1. The first-order valence-corrected chi connectivity index (χ1v) is 7.21. The van der Waals surface area contributed by atoms with Gasteiger partial charge in [0, 0.05) is 24.5 Å². The van der Waals surface area contributed by atoms with Gasteiger partial charge in [-0.2, -0.15) is 0 Å². The second-order valence-electron chi connectivity index (χ2n) is 5.72. The van der Waals surface area contributed by atoms with Crippen molar-refractivity contribution in [1.29, 1.82) is 0 Å². The van der Waals surface area contributed by atoms with E-state index in [0.717, 1.165) is 37.5 Å². The fraction of sp³-hybridized carbons (Fsp3) is 0.786. The van der Waals surface area contributed by atoms with Gasteiger partial charge < -0.3 is 10.2 Å². The fourth-order valence-corrected chi connectivity index (χ4v) is 3.52. The van der Waals surface area contributed by atoms with Crippen LogP contribution in [-0.2, 0) is 13.0 Å². The number of aromatic nitrogens is 1. The third-order valence-electron chi connectivity index (χ3n) is 4.43. The van der Waals surface area contributed by atoms with Gasteiger partial charge in [-0.25, -0.2) is 4.98 Å². The minimum Gasteiger partial charge on any atom is -0.444 e. The molecule has 4 nitrogen and oxygen atoms in total. The maximum Gasteiger partial charge on any atom is 0.208 e. The number of rotatable bonds is 3. The molecule has 2 fully saturated rings. The van der Waals surface area contributed by atoms with Crippen LogP contribution in [0, 0.1) is 0 Å². The quantitative estimate of drug-likeness (QED) is 0.891. The molecule has 2 aliphatic heterocycles. The van der Waals surface area contributed by atoms with Crippen molar-refractivity contribution in [2.45, 2.75) is 70.1 Å². The highest BCUT2D eigenvalue weighted by atomic mass is 16.4. The smallest absolute Gasteiger partial charge is 0.208 e. The van der Waals surface area contributed by atoms with Crippen molar-refractivity contribution in [3.63, 3.8) is 0 Å². The van der Waals surface area contributed by atoms with Gasteiger partial charge in [0.15, 0.2) is 0 Å². The van der Waals surface area contributed by atoms with Gasteiger partial charge in [0.05, 0.1) is 12.7 Å². The van der Waals surface area contributed by atoms with E-state index in [1.165, 1.54) is 19.3 Å². The first-order valence-electron chi connectivity index (χ1n) is 7.21. The summed E-state index contributed by atoms with van der Waals surface area (Å²) < 4.78 is 5.74. The van der Waals surface area contributed by atoms with Gasteiger partial charge in [0.1, 0.15) is 5.76 Å².